The summed E-state index contributed by atoms with van der Waals surface area (Å²) >= 11 is 18.0. The molecule has 0 saturated carbocycles. The van der Waals surface area contributed by atoms with Crippen LogP contribution in [0.4, 0.5) is 5.69 Å². The highest BCUT2D eigenvalue weighted by Crippen LogP contribution is 2.34. The van der Waals surface area contributed by atoms with E-state index >= 15 is 0 Å². The summed E-state index contributed by atoms with van der Waals surface area (Å²) in [6.07, 6.45) is 0. The van der Waals surface area contributed by atoms with E-state index < -0.39 is 0 Å². The van der Waals surface area contributed by atoms with Gasteiger partial charge in [0, 0.05) is 15.2 Å². The summed E-state index contributed by atoms with van der Waals surface area (Å²) in [5.74, 6) is 0.214. The highest BCUT2D eigenvalue weighted by molar-refractivity contribution is 9.11. The topological polar surface area (TPSA) is 50.4 Å². The number of ether oxygens (including phenoxy) is 1. The Morgan fingerprint density at radius 3 is 2.70 bits per heavy atom. The van der Waals surface area contributed by atoms with Gasteiger partial charge >= 0.3 is 0 Å². The number of hydrogen-bond acceptors (Lipinski definition) is 3. The minimum absolute atomic E-state index is 0.169. The Bertz CT molecular complexity index is 1030. The van der Waals surface area contributed by atoms with Crippen LogP contribution in [0.1, 0.15) is 0 Å². The highest BCUT2D eigenvalue weighted by Gasteiger charge is 2.10. The third kappa shape index (κ3) is 5.42. The maximum absolute atomic E-state index is 12.1. The summed E-state index contributed by atoms with van der Waals surface area (Å²) in [7, 11) is 0. The summed E-state index contributed by atoms with van der Waals surface area (Å²) in [6, 6.07) is 16.7. The molecule has 0 spiro atoms. The normalized spacial score (nSPS) is 10.5. The van der Waals surface area contributed by atoms with Gasteiger partial charge in [-0.1, -0.05) is 45.7 Å². The quantitative estimate of drug-likeness (QED) is 0.414. The summed E-state index contributed by atoms with van der Waals surface area (Å²) in [6.45, 7) is -0.169. The molecule has 0 aliphatic heterocycles. The van der Waals surface area contributed by atoms with Gasteiger partial charge < -0.3 is 10.1 Å². The molecule has 1 amide bonds. The molecule has 27 heavy (non-hydrogen) atoms. The second kappa shape index (κ2) is 9.01. The lowest BCUT2D eigenvalue weighted by Gasteiger charge is -2.12. The van der Waals surface area contributed by atoms with E-state index in [1.54, 1.807) is 24.3 Å². The van der Waals surface area contributed by atoms with E-state index in [1.807, 2.05) is 30.3 Å². The maximum atomic E-state index is 12.1. The average Bonchev–Trinajstić information content (AvgIpc) is 2.61. The van der Waals surface area contributed by atoms with Crippen molar-refractivity contribution in [2.75, 3.05) is 11.9 Å². The van der Waals surface area contributed by atoms with Gasteiger partial charge in [0.15, 0.2) is 11.7 Å². The van der Waals surface area contributed by atoms with Crippen molar-refractivity contribution in [3.05, 3.63) is 68.6 Å². The molecule has 0 aliphatic carbocycles. The van der Waals surface area contributed by atoms with Crippen LogP contribution in [0.25, 0.3) is 10.8 Å². The number of carbonyl (C=O) groups excluding carboxylic acids is 1. The van der Waals surface area contributed by atoms with E-state index in [-0.39, 0.29) is 17.6 Å². The fourth-order valence-electron chi connectivity index (χ4n) is 2.39. The Morgan fingerprint density at radius 2 is 1.93 bits per heavy atom. The SMILES string of the molecule is O=C(COc1ccc2cc(Br)ccc2c1Br)NC(=S)Nc1cccc(Cl)c1. The number of anilines is 1. The van der Waals surface area contributed by atoms with E-state index in [0.717, 1.165) is 19.7 Å². The number of rotatable bonds is 4. The Morgan fingerprint density at radius 1 is 1.11 bits per heavy atom. The molecule has 0 aliphatic rings. The lowest BCUT2D eigenvalue weighted by Crippen LogP contribution is -2.37. The molecule has 3 aromatic rings. The highest BCUT2D eigenvalue weighted by atomic mass is 79.9. The molecule has 4 nitrogen and oxygen atoms in total. The van der Waals surface area contributed by atoms with E-state index in [0.29, 0.717) is 16.5 Å². The van der Waals surface area contributed by atoms with Crippen LogP contribution in [0.15, 0.2) is 63.5 Å². The molecular formula is C19H13Br2ClN2O2S. The molecule has 0 fully saturated rings. The monoisotopic (exact) mass is 526 g/mol. The van der Waals surface area contributed by atoms with Gasteiger partial charge in [0.2, 0.25) is 0 Å². The number of fused-ring (bicyclic) bond motifs is 1. The summed E-state index contributed by atoms with van der Waals surface area (Å²) < 4.78 is 7.42. The van der Waals surface area contributed by atoms with Crippen LogP contribution in [-0.4, -0.2) is 17.6 Å². The van der Waals surface area contributed by atoms with Gasteiger partial charge in [-0.15, -0.1) is 0 Å². The molecule has 0 bridgehead atoms. The lowest BCUT2D eigenvalue weighted by molar-refractivity contribution is -0.121. The Kier molecular flexibility index (Phi) is 6.70. The number of benzene rings is 3. The average molecular weight is 529 g/mol. The van der Waals surface area contributed by atoms with Crippen molar-refractivity contribution in [1.29, 1.82) is 0 Å². The number of thiocarbonyl (C=S) groups is 1. The van der Waals surface area contributed by atoms with Crippen molar-refractivity contribution in [2.24, 2.45) is 0 Å². The zero-order valence-electron chi connectivity index (χ0n) is 13.8. The molecule has 0 saturated heterocycles. The number of hydrogen-bond donors (Lipinski definition) is 2. The molecule has 3 aromatic carbocycles. The third-order valence-corrected chi connectivity index (χ3v) is 5.33. The van der Waals surface area contributed by atoms with Crippen molar-refractivity contribution in [1.82, 2.24) is 5.32 Å². The Balaban J connectivity index is 1.59. The molecule has 138 valence electrons. The van der Waals surface area contributed by atoms with Gasteiger partial charge in [-0.25, -0.2) is 0 Å². The third-order valence-electron chi connectivity index (χ3n) is 3.57. The van der Waals surface area contributed by atoms with Gasteiger partial charge in [0.05, 0.1) is 4.47 Å². The van der Waals surface area contributed by atoms with Crippen molar-refractivity contribution in [3.8, 4) is 5.75 Å². The van der Waals surface area contributed by atoms with E-state index in [4.69, 9.17) is 28.6 Å². The first-order valence-electron chi connectivity index (χ1n) is 7.79. The molecule has 2 N–H and O–H groups in total. The van der Waals surface area contributed by atoms with Crippen LogP contribution >= 0.6 is 55.7 Å². The molecule has 0 atom stereocenters. The van der Waals surface area contributed by atoms with Crippen molar-refractivity contribution in [3.63, 3.8) is 0 Å². The summed E-state index contributed by atoms with van der Waals surface area (Å²) in [5.41, 5.74) is 0.692. The van der Waals surface area contributed by atoms with Crippen LogP contribution in [0.3, 0.4) is 0 Å². The number of carbonyl (C=O) groups is 1. The number of amides is 1. The zero-order valence-corrected chi connectivity index (χ0v) is 18.5. The van der Waals surface area contributed by atoms with Gasteiger partial charge in [-0.2, -0.15) is 0 Å². The van der Waals surface area contributed by atoms with Gasteiger partial charge in [-0.3, -0.25) is 10.1 Å². The molecule has 0 radical (unpaired) electrons. The van der Waals surface area contributed by atoms with Gasteiger partial charge in [-0.05, 0) is 75.3 Å². The van der Waals surface area contributed by atoms with Crippen molar-refractivity contribution >= 4 is 83.2 Å². The first-order chi connectivity index (χ1) is 12.9. The standard InChI is InChI=1S/C19H13Br2ClN2O2S/c20-12-5-6-15-11(8-12)4-7-16(18(15)21)26-10-17(25)24-19(27)23-14-3-1-2-13(22)9-14/h1-9H,10H2,(H2,23,24,25,27). The van der Waals surface area contributed by atoms with Crippen LogP contribution in [-0.2, 0) is 4.79 Å². The fraction of sp³-hybridized carbons (Fsp3) is 0.0526. The van der Waals surface area contributed by atoms with Gasteiger partial charge in [0.1, 0.15) is 5.75 Å². The number of nitrogens with one attached hydrogen (secondary N) is 2. The van der Waals surface area contributed by atoms with Crippen LogP contribution < -0.4 is 15.4 Å². The van der Waals surface area contributed by atoms with Crippen molar-refractivity contribution in [2.45, 2.75) is 0 Å². The molecule has 0 unspecified atom stereocenters. The van der Waals surface area contributed by atoms with Crippen LogP contribution in [0.5, 0.6) is 5.75 Å². The van der Waals surface area contributed by atoms with Gasteiger partial charge in [0.25, 0.3) is 5.91 Å². The Hall–Kier alpha value is -1.67. The summed E-state index contributed by atoms with van der Waals surface area (Å²) in [4.78, 5) is 12.1. The number of halogens is 3. The van der Waals surface area contributed by atoms with Crippen LogP contribution in [0, 0.1) is 0 Å². The summed E-state index contributed by atoms with van der Waals surface area (Å²) in [5, 5.41) is 8.27. The molecule has 8 heteroatoms. The van der Waals surface area contributed by atoms with E-state index in [9.17, 15) is 4.79 Å². The van der Waals surface area contributed by atoms with Crippen LogP contribution in [0.2, 0.25) is 5.02 Å². The smallest absolute Gasteiger partial charge is 0.264 e. The second-order valence-corrected chi connectivity index (χ2v) is 8.10. The predicted octanol–water partition coefficient (Wildman–Crippen LogP) is 5.91. The van der Waals surface area contributed by atoms with Crippen molar-refractivity contribution < 1.29 is 9.53 Å². The van der Waals surface area contributed by atoms with E-state index in [1.165, 1.54) is 0 Å². The first-order valence-corrected chi connectivity index (χ1v) is 10.2. The first kappa shape index (κ1) is 20.1. The fourth-order valence-corrected chi connectivity index (χ4v) is 3.80. The van der Waals surface area contributed by atoms with E-state index in [2.05, 4.69) is 42.5 Å². The molecular weight excluding hydrogens is 516 g/mol. The predicted molar refractivity (Wildman–Crippen MR) is 121 cm³/mol. The minimum atomic E-state index is -0.364. The zero-order chi connectivity index (χ0) is 19.4. The molecule has 3 rings (SSSR count). The largest absolute Gasteiger partial charge is 0.483 e. The minimum Gasteiger partial charge on any atom is -0.483 e. The lowest BCUT2D eigenvalue weighted by atomic mass is 10.1. The molecule has 0 heterocycles. The Labute approximate surface area is 183 Å². The maximum Gasteiger partial charge on any atom is 0.264 e. The molecule has 0 aromatic heterocycles. The second-order valence-electron chi connectivity index (χ2n) is 5.54.